The Morgan fingerprint density at radius 1 is 1.09 bits per heavy atom. The molecule has 1 N–H and O–H groups in total. The third-order valence-electron chi connectivity index (χ3n) is 6.64. The van der Waals surface area contributed by atoms with E-state index in [1.54, 1.807) is 0 Å². The Labute approximate surface area is 191 Å². The number of alkyl halides is 3. The fourth-order valence-electron chi connectivity index (χ4n) is 4.75. The van der Waals surface area contributed by atoms with Crippen LogP contribution in [0.1, 0.15) is 41.9 Å². The lowest BCUT2D eigenvalue weighted by Crippen LogP contribution is -2.51. The van der Waals surface area contributed by atoms with Gasteiger partial charge in [0.1, 0.15) is 0 Å². The quantitative estimate of drug-likeness (QED) is 0.724. The number of carbonyl (C=O) groups is 2. The number of rotatable bonds is 3. The summed E-state index contributed by atoms with van der Waals surface area (Å²) in [6, 6.07) is 19.1. The van der Waals surface area contributed by atoms with Gasteiger partial charge < -0.3 is 10.0 Å². The number of likely N-dealkylation sites (N-methyl/N-ethyl adjacent to an activating group) is 1. The van der Waals surface area contributed by atoms with Gasteiger partial charge in [-0.2, -0.15) is 13.2 Å². The topological polar surface area (TPSA) is 60.9 Å². The van der Waals surface area contributed by atoms with Crippen molar-refractivity contribution in [3.8, 4) is 0 Å². The Hall–Kier alpha value is -2.87. The molecule has 0 aliphatic carbocycles. The predicted molar refractivity (Wildman–Crippen MR) is 119 cm³/mol. The number of halogens is 3. The average Bonchev–Trinajstić information content (AvgIpc) is 3.01. The Balaban J connectivity index is 0.000000383. The molecule has 8 heteroatoms. The molecule has 2 fully saturated rings. The van der Waals surface area contributed by atoms with Crippen LogP contribution in [0.3, 0.4) is 0 Å². The molecule has 1 spiro atoms. The van der Waals surface area contributed by atoms with E-state index in [1.807, 2.05) is 25.2 Å². The zero-order valence-electron chi connectivity index (χ0n) is 18.8. The fraction of sp³-hybridized carbons (Fsp3) is 0.440. The lowest BCUT2D eigenvalue weighted by atomic mass is 9.81. The van der Waals surface area contributed by atoms with Crippen molar-refractivity contribution >= 4 is 11.9 Å². The van der Waals surface area contributed by atoms with Gasteiger partial charge >= 0.3 is 12.1 Å². The molecule has 2 saturated heterocycles. The number of piperidine rings is 1. The molecule has 2 aliphatic rings. The maximum atomic E-state index is 12.9. The number of carbonyl (C=O) groups excluding carboxylic acids is 1. The van der Waals surface area contributed by atoms with Crippen molar-refractivity contribution in [3.05, 3.63) is 71.3 Å². The van der Waals surface area contributed by atoms with Crippen molar-refractivity contribution in [2.24, 2.45) is 0 Å². The molecule has 0 aromatic heterocycles. The summed E-state index contributed by atoms with van der Waals surface area (Å²) in [5.41, 5.74) is 3.92. The summed E-state index contributed by atoms with van der Waals surface area (Å²) < 4.78 is 31.7. The molecule has 2 heterocycles. The van der Waals surface area contributed by atoms with Crippen LogP contribution < -0.4 is 0 Å². The number of benzene rings is 2. The number of aliphatic carboxylic acids is 1. The highest BCUT2D eigenvalue weighted by molar-refractivity contribution is 5.87. The van der Waals surface area contributed by atoms with Crippen molar-refractivity contribution in [2.45, 2.75) is 50.4 Å². The number of hydrogen-bond acceptors (Lipinski definition) is 3. The van der Waals surface area contributed by atoms with Gasteiger partial charge in [0.05, 0.1) is 5.92 Å². The van der Waals surface area contributed by atoms with Crippen LogP contribution in [-0.2, 0) is 16.1 Å². The molecular formula is C25H29F3N2O3. The number of hydrogen-bond donors (Lipinski definition) is 1. The smallest absolute Gasteiger partial charge is 0.475 e. The summed E-state index contributed by atoms with van der Waals surface area (Å²) in [4.78, 5) is 26.4. The Bertz CT molecular complexity index is 970. The summed E-state index contributed by atoms with van der Waals surface area (Å²) in [6.45, 7) is 5.29. The standard InChI is InChI=1S/C23H28N2O.C2HF3O2/c1-18-7-6-8-19(15-18)17-25-13-11-23(12-14-25)16-21(22(26)24(23)2)20-9-4-3-5-10-20;3-2(4,5)1(6)7/h3-10,15,21H,11-14,16-17H2,1-2H3;(H,6,7). The van der Waals surface area contributed by atoms with Gasteiger partial charge in [0.2, 0.25) is 5.91 Å². The van der Waals surface area contributed by atoms with Crippen LogP contribution in [0, 0.1) is 6.92 Å². The van der Waals surface area contributed by atoms with Crippen LogP contribution >= 0.6 is 0 Å². The minimum atomic E-state index is -5.08. The van der Waals surface area contributed by atoms with Crippen LogP contribution in [0.4, 0.5) is 13.2 Å². The number of carboxylic acids is 1. The lowest BCUT2D eigenvalue weighted by Gasteiger charge is -2.43. The van der Waals surface area contributed by atoms with Crippen LogP contribution in [0.15, 0.2) is 54.6 Å². The minimum absolute atomic E-state index is 0.0320. The molecule has 2 aromatic rings. The van der Waals surface area contributed by atoms with Crippen molar-refractivity contribution in [3.63, 3.8) is 0 Å². The Morgan fingerprint density at radius 2 is 1.70 bits per heavy atom. The molecule has 1 unspecified atom stereocenters. The van der Waals surface area contributed by atoms with Gasteiger partial charge in [0, 0.05) is 32.2 Å². The second-order valence-corrected chi connectivity index (χ2v) is 8.86. The molecule has 2 aromatic carbocycles. The van der Waals surface area contributed by atoms with Crippen molar-refractivity contribution in [2.75, 3.05) is 20.1 Å². The normalized spacial score (nSPS) is 20.5. The second-order valence-electron chi connectivity index (χ2n) is 8.86. The molecule has 1 amide bonds. The second kappa shape index (κ2) is 9.95. The molecular weight excluding hydrogens is 433 g/mol. The van der Waals surface area contributed by atoms with E-state index in [0.717, 1.165) is 38.9 Å². The molecule has 0 bridgehead atoms. The first kappa shape index (κ1) is 24.8. The van der Waals surface area contributed by atoms with Crippen molar-refractivity contribution < 1.29 is 27.9 Å². The molecule has 0 radical (unpaired) electrons. The highest BCUT2D eigenvalue weighted by Gasteiger charge is 2.50. The van der Waals surface area contributed by atoms with Gasteiger partial charge in [-0.15, -0.1) is 0 Å². The SMILES string of the molecule is Cc1cccc(CN2CCC3(CC2)CC(c2ccccc2)C(=O)N3C)c1.O=C(O)C(F)(F)F. The Kier molecular flexibility index (Phi) is 7.47. The highest BCUT2D eigenvalue weighted by atomic mass is 19.4. The van der Waals surface area contributed by atoms with Gasteiger partial charge in [0.25, 0.3) is 0 Å². The molecule has 1 atom stereocenters. The van der Waals surface area contributed by atoms with Crippen molar-refractivity contribution in [1.82, 2.24) is 9.80 Å². The molecule has 0 saturated carbocycles. The van der Waals surface area contributed by atoms with Crippen LogP contribution in [0.5, 0.6) is 0 Å². The predicted octanol–water partition coefficient (Wildman–Crippen LogP) is 4.61. The van der Waals surface area contributed by atoms with Gasteiger partial charge in [-0.05, 0) is 37.3 Å². The summed E-state index contributed by atoms with van der Waals surface area (Å²) in [7, 11) is 2.02. The number of likely N-dealkylation sites (tertiary alicyclic amines) is 2. The van der Waals surface area contributed by atoms with E-state index >= 15 is 0 Å². The third-order valence-corrected chi connectivity index (χ3v) is 6.64. The summed E-state index contributed by atoms with van der Waals surface area (Å²) >= 11 is 0. The fourth-order valence-corrected chi connectivity index (χ4v) is 4.75. The van der Waals surface area contributed by atoms with Crippen LogP contribution in [-0.4, -0.2) is 58.6 Å². The number of nitrogens with zero attached hydrogens (tertiary/aromatic N) is 2. The molecule has 4 rings (SSSR count). The van der Waals surface area contributed by atoms with E-state index in [0.29, 0.717) is 5.91 Å². The van der Waals surface area contributed by atoms with Gasteiger partial charge in [-0.25, -0.2) is 4.79 Å². The molecule has 5 nitrogen and oxygen atoms in total. The van der Waals surface area contributed by atoms with E-state index in [-0.39, 0.29) is 11.5 Å². The molecule has 2 aliphatic heterocycles. The van der Waals surface area contributed by atoms with Gasteiger partial charge in [-0.3, -0.25) is 9.69 Å². The van der Waals surface area contributed by atoms with Gasteiger partial charge in [0.15, 0.2) is 0 Å². The maximum Gasteiger partial charge on any atom is 0.490 e. The summed E-state index contributed by atoms with van der Waals surface area (Å²) in [6.07, 6.45) is -1.97. The van der Waals surface area contributed by atoms with E-state index in [2.05, 4.69) is 53.1 Å². The average molecular weight is 463 g/mol. The van der Waals surface area contributed by atoms with Crippen LogP contribution in [0.25, 0.3) is 0 Å². The first-order valence-corrected chi connectivity index (χ1v) is 10.9. The maximum absolute atomic E-state index is 12.9. The monoisotopic (exact) mass is 462 g/mol. The first-order chi connectivity index (χ1) is 15.5. The minimum Gasteiger partial charge on any atom is -0.475 e. The van der Waals surface area contributed by atoms with E-state index in [4.69, 9.17) is 9.90 Å². The number of amides is 1. The highest BCUT2D eigenvalue weighted by Crippen LogP contribution is 2.44. The van der Waals surface area contributed by atoms with Gasteiger partial charge in [-0.1, -0.05) is 60.2 Å². The zero-order valence-corrected chi connectivity index (χ0v) is 18.8. The summed E-state index contributed by atoms with van der Waals surface area (Å²) in [5.74, 6) is -2.43. The van der Waals surface area contributed by atoms with E-state index in [9.17, 15) is 18.0 Å². The van der Waals surface area contributed by atoms with E-state index < -0.39 is 12.1 Å². The first-order valence-electron chi connectivity index (χ1n) is 10.9. The lowest BCUT2D eigenvalue weighted by molar-refractivity contribution is -0.192. The van der Waals surface area contributed by atoms with Crippen LogP contribution in [0.2, 0.25) is 0 Å². The molecule has 33 heavy (non-hydrogen) atoms. The summed E-state index contributed by atoms with van der Waals surface area (Å²) in [5, 5.41) is 7.12. The third kappa shape index (κ3) is 5.93. The number of aryl methyl sites for hydroxylation is 1. The zero-order chi connectivity index (χ0) is 24.2. The number of carboxylic acid groups (broad SMARTS) is 1. The van der Waals surface area contributed by atoms with E-state index in [1.165, 1.54) is 16.7 Å². The van der Waals surface area contributed by atoms with Crippen molar-refractivity contribution in [1.29, 1.82) is 0 Å². The largest absolute Gasteiger partial charge is 0.490 e. The molecule has 178 valence electrons. The Morgan fingerprint density at radius 3 is 2.24 bits per heavy atom.